The molecule has 2 unspecified atom stereocenters. The Kier molecular flexibility index (Phi) is 4.23. The van der Waals surface area contributed by atoms with E-state index in [0.29, 0.717) is 5.88 Å². The third-order valence-corrected chi connectivity index (χ3v) is 4.78. The van der Waals surface area contributed by atoms with Crippen LogP contribution in [0.2, 0.25) is 5.02 Å². The number of fused-ring (bicyclic) bond motifs is 1. The van der Waals surface area contributed by atoms with Gasteiger partial charge in [-0.25, -0.2) is 4.98 Å². The topological polar surface area (TPSA) is 17.8 Å². The lowest BCUT2D eigenvalue weighted by molar-refractivity contribution is 0.439. The predicted octanol–water partition coefficient (Wildman–Crippen LogP) is 4.91. The van der Waals surface area contributed by atoms with Crippen LogP contribution in [0.25, 0.3) is 11.0 Å². The van der Waals surface area contributed by atoms with Crippen molar-refractivity contribution >= 4 is 34.2 Å². The first kappa shape index (κ1) is 14.2. The molecule has 0 N–H and O–H groups in total. The highest BCUT2D eigenvalue weighted by atomic mass is 35.5. The summed E-state index contributed by atoms with van der Waals surface area (Å²) < 4.78 is 2.36. The highest BCUT2D eigenvalue weighted by molar-refractivity contribution is 6.31. The van der Waals surface area contributed by atoms with Crippen molar-refractivity contribution in [3.63, 3.8) is 0 Å². The maximum atomic E-state index is 6.07. The van der Waals surface area contributed by atoms with Crippen molar-refractivity contribution in [2.45, 2.75) is 39.2 Å². The molecule has 1 heterocycles. The van der Waals surface area contributed by atoms with E-state index < -0.39 is 0 Å². The van der Waals surface area contributed by atoms with E-state index in [1.54, 1.807) is 0 Å². The Labute approximate surface area is 130 Å². The highest BCUT2D eigenvalue weighted by Gasteiger charge is 2.23. The van der Waals surface area contributed by atoms with Gasteiger partial charge < -0.3 is 4.57 Å². The average molecular weight is 311 g/mol. The van der Waals surface area contributed by atoms with Gasteiger partial charge in [-0.2, -0.15) is 0 Å². The minimum absolute atomic E-state index is 0.609. The van der Waals surface area contributed by atoms with Gasteiger partial charge in [0.2, 0.25) is 0 Å². The summed E-state index contributed by atoms with van der Waals surface area (Å²) in [6.07, 6.45) is 4.83. The Bertz CT molecular complexity index is 606. The predicted molar refractivity (Wildman–Crippen MR) is 85.7 cm³/mol. The van der Waals surface area contributed by atoms with Crippen molar-refractivity contribution in [3.05, 3.63) is 29.0 Å². The van der Waals surface area contributed by atoms with Crippen LogP contribution in [0.1, 0.15) is 32.0 Å². The molecule has 1 saturated carbocycles. The molecule has 2 nitrogen and oxygen atoms in total. The fourth-order valence-electron chi connectivity index (χ4n) is 3.38. The van der Waals surface area contributed by atoms with Crippen LogP contribution in [0.5, 0.6) is 0 Å². The molecule has 0 amide bonds. The Morgan fingerprint density at radius 1 is 1.35 bits per heavy atom. The summed E-state index contributed by atoms with van der Waals surface area (Å²) in [6, 6.07) is 5.98. The molecule has 108 valence electrons. The van der Waals surface area contributed by atoms with Crippen LogP contribution in [-0.4, -0.2) is 15.4 Å². The molecular formula is C16H20Cl2N2. The molecule has 1 aromatic carbocycles. The van der Waals surface area contributed by atoms with Crippen molar-refractivity contribution in [2.24, 2.45) is 11.8 Å². The largest absolute Gasteiger partial charge is 0.328 e. The number of aryl methyl sites for hydroxylation is 1. The Balaban J connectivity index is 1.95. The van der Waals surface area contributed by atoms with Crippen molar-refractivity contribution in [1.82, 2.24) is 9.55 Å². The second kappa shape index (κ2) is 5.95. The lowest BCUT2D eigenvalue weighted by Gasteiger charge is -2.14. The molecule has 2 atom stereocenters. The second-order valence-electron chi connectivity index (χ2n) is 5.99. The van der Waals surface area contributed by atoms with Gasteiger partial charge >= 0.3 is 0 Å². The molecule has 1 fully saturated rings. The van der Waals surface area contributed by atoms with Crippen LogP contribution in [0.3, 0.4) is 0 Å². The number of imidazole rings is 1. The maximum Gasteiger partial charge on any atom is 0.111 e. The fourth-order valence-corrected chi connectivity index (χ4v) is 3.72. The summed E-state index contributed by atoms with van der Waals surface area (Å²) in [5.74, 6) is 3.34. The molecule has 0 aliphatic heterocycles. The molecule has 3 rings (SSSR count). The number of alkyl halides is 1. The number of halogens is 2. The molecule has 0 spiro atoms. The highest BCUT2D eigenvalue weighted by Crippen LogP contribution is 2.33. The second-order valence-corrected chi connectivity index (χ2v) is 6.81. The number of nitrogens with zero attached hydrogens (tertiary/aromatic N) is 2. The van der Waals surface area contributed by atoms with Crippen molar-refractivity contribution in [3.8, 4) is 0 Å². The van der Waals surface area contributed by atoms with Crippen LogP contribution in [-0.2, 0) is 13.0 Å². The van der Waals surface area contributed by atoms with Gasteiger partial charge in [0.25, 0.3) is 0 Å². The molecular weight excluding hydrogens is 291 g/mol. The summed E-state index contributed by atoms with van der Waals surface area (Å²) in [4.78, 5) is 4.72. The van der Waals surface area contributed by atoms with Crippen molar-refractivity contribution in [2.75, 3.05) is 5.88 Å². The third kappa shape index (κ3) is 2.82. The van der Waals surface area contributed by atoms with Gasteiger partial charge in [0.05, 0.1) is 11.0 Å². The van der Waals surface area contributed by atoms with Crippen LogP contribution in [0.4, 0.5) is 0 Å². The van der Waals surface area contributed by atoms with E-state index in [1.807, 2.05) is 12.1 Å². The zero-order valence-electron chi connectivity index (χ0n) is 11.8. The summed E-state index contributed by atoms with van der Waals surface area (Å²) in [5, 5.41) is 0.745. The number of rotatable bonds is 4. The molecule has 4 heteroatoms. The molecule has 0 bridgehead atoms. The molecule has 1 aromatic heterocycles. The van der Waals surface area contributed by atoms with Gasteiger partial charge in [-0.3, -0.25) is 0 Å². The third-order valence-electron chi connectivity index (χ3n) is 4.35. The zero-order valence-corrected chi connectivity index (χ0v) is 13.3. The molecule has 20 heavy (non-hydrogen) atoms. The smallest absolute Gasteiger partial charge is 0.111 e. The quantitative estimate of drug-likeness (QED) is 0.734. The van der Waals surface area contributed by atoms with Crippen LogP contribution in [0, 0.1) is 11.8 Å². The number of hydrogen-bond donors (Lipinski definition) is 0. The van der Waals surface area contributed by atoms with Crippen LogP contribution < -0.4 is 0 Å². The Morgan fingerprint density at radius 2 is 2.20 bits per heavy atom. The van der Waals surface area contributed by atoms with Gasteiger partial charge in [0, 0.05) is 23.9 Å². The first-order valence-corrected chi connectivity index (χ1v) is 8.29. The lowest BCUT2D eigenvalue weighted by Crippen LogP contribution is -2.11. The average Bonchev–Trinajstić information content (AvgIpc) is 2.95. The summed E-state index contributed by atoms with van der Waals surface area (Å²) in [6.45, 7) is 3.42. The van der Waals surface area contributed by atoms with Crippen molar-refractivity contribution < 1.29 is 0 Å². The van der Waals surface area contributed by atoms with Gasteiger partial charge in [0.15, 0.2) is 0 Å². The number of aromatic nitrogens is 2. The summed E-state index contributed by atoms with van der Waals surface area (Å²) >= 11 is 12.0. The number of hydrogen-bond acceptors (Lipinski definition) is 1. The van der Waals surface area contributed by atoms with Gasteiger partial charge in [-0.15, -0.1) is 11.6 Å². The molecule has 0 saturated heterocycles. The molecule has 2 aromatic rings. The molecule has 1 aliphatic rings. The minimum atomic E-state index is 0.609. The SMILES string of the molecule is CC1CCC(Cn2c(CCCl)nc3cc(Cl)ccc32)C1. The minimum Gasteiger partial charge on any atom is -0.328 e. The van der Waals surface area contributed by atoms with Gasteiger partial charge in [-0.1, -0.05) is 24.9 Å². The molecule has 1 aliphatic carbocycles. The van der Waals surface area contributed by atoms with E-state index in [4.69, 9.17) is 28.2 Å². The van der Waals surface area contributed by atoms with E-state index >= 15 is 0 Å². The first-order valence-electron chi connectivity index (χ1n) is 7.38. The summed E-state index contributed by atoms with van der Waals surface area (Å²) in [7, 11) is 0. The zero-order chi connectivity index (χ0) is 14.1. The molecule has 0 radical (unpaired) electrons. The van der Waals surface area contributed by atoms with Gasteiger partial charge in [-0.05, 0) is 42.9 Å². The van der Waals surface area contributed by atoms with Crippen LogP contribution >= 0.6 is 23.2 Å². The first-order chi connectivity index (χ1) is 9.67. The maximum absolute atomic E-state index is 6.07. The van der Waals surface area contributed by atoms with E-state index in [0.717, 1.165) is 41.2 Å². The van der Waals surface area contributed by atoms with E-state index in [1.165, 1.54) is 24.8 Å². The van der Waals surface area contributed by atoms with Crippen LogP contribution in [0.15, 0.2) is 18.2 Å². The monoisotopic (exact) mass is 310 g/mol. The van der Waals surface area contributed by atoms with Crippen molar-refractivity contribution in [1.29, 1.82) is 0 Å². The summed E-state index contributed by atoms with van der Waals surface area (Å²) in [5.41, 5.74) is 2.18. The Hall–Kier alpha value is -0.730. The fraction of sp³-hybridized carbons (Fsp3) is 0.562. The van der Waals surface area contributed by atoms with E-state index in [-0.39, 0.29) is 0 Å². The van der Waals surface area contributed by atoms with E-state index in [2.05, 4.69) is 17.6 Å². The normalized spacial score (nSPS) is 22.8. The number of benzene rings is 1. The van der Waals surface area contributed by atoms with Gasteiger partial charge in [0.1, 0.15) is 5.82 Å². The van der Waals surface area contributed by atoms with E-state index in [9.17, 15) is 0 Å². The standard InChI is InChI=1S/C16H20Cl2N2/c1-11-2-3-12(8-11)10-20-15-5-4-13(18)9-14(15)19-16(20)6-7-17/h4-5,9,11-12H,2-3,6-8,10H2,1H3. The Morgan fingerprint density at radius 3 is 2.90 bits per heavy atom. The lowest BCUT2D eigenvalue weighted by atomic mass is 10.1.